The van der Waals surface area contributed by atoms with E-state index in [1.165, 1.54) is 283 Å². The van der Waals surface area contributed by atoms with E-state index in [1.807, 2.05) is 0 Å². The Kier molecular flexibility index (Phi) is 52.2. The van der Waals surface area contributed by atoms with Crippen LogP contribution in [0.15, 0.2) is 0 Å². The standard InChI is InChI=1S/C56H113NO3/c1-3-5-7-9-11-13-15-17-19-21-22-23-24-25-26-27-28-29-30-31-32-33-34-36-37-39-41-43-45-47-49-51-55(59)54(53-58)57-56(60)52-50-48-46-44-42-40-38-35-20-18-16-14-12-10-8-6-4-2/h54-55,58-59H,3-53H2,1-2H3,(H,57,60). The van der Waals surface area contributed by atoms with Gasteiger partial charge in [0.25, 0.3) is 0 Å². The molecule has 2 atom stereocenters. The highest BCUT2D eigenvalue weighted by Gasteiger charge is 2.20. The van der Waals surface area contributed by atoms with Crippen molar-refractivity contribution in [2.75, 3.05) is 6.61 Å². The van der Waals surface area contributed by atoms with Crippen molar-refractivity contribution in [3.63, 3.8) is 0 Å². The van der Waals surface area contributed by atoms with E-state index >= 15 is 0 Å². The van der Waals surface area contributed by atoms with Gasteiger partial charge < -0.3 is 15.5 Å². The SMILES string of the molecule is CCCCCCCCCCCCCCCCCCCCCCCCCCCCCCCCCC(O)C(CO)NC(=O)CCCCCCCCCCCCCCCCCCC. The molecule has 3 N–H and O–H groups in total. The highest BCUT2D eigenvalue weighted by molar-refractivity contribution is 5.76. The predicted octanol–water partition coefficient (Wildman–Crippen LogP) is 18.4. The van der Waals surface area contributed by atoms with E-state index < -0.39 is 12.1 Å². The molecule has 0 radical (unpaired) electrons. The van der Waals surface area contributed by atoms with E-state index in [9.17, 15) is 15.0 Å². The van der Waals surface area contributed by atoms with Gasteiger partial charge in [0.1, 0.15) is 0 Å². The van der Waals surface area contributed by atoms with Crippen molar-refractivity contribution in [3.05, 3.63) is 0 Å². The lowest BCUT2D eigenvalue weighted by atomic mass is 10.0. The fourth-order valence-corrected chi connectivity index (χ4v) is 9.31. The minimum absolute atomic E-state index is 0.0232. The Balaban J connectivity index is 3.37. The number of aliphatic hydroxyl groups excluding tert-OH is 2. The van der Waals surface area contributed by atoms with Crippen LogP contribution in [0.4, 0.5) is 0 Å². The number of aliphatic hydroxyl groups is 2. The van der Waals surface area contributed by atoms with E-state index in [4.69, 9.17) is 0 Å². The third kappa shape index (κ3) is 48.4. The summed E-state index contributed by atoms with van der Waals surface area (Å²) in [5.74, 6) is -0.0232. The van der Waals surface area contributed by atoms with Gasteiger partial charge in [-0.15, -0.1) is 0 Å². The third-order valence-corrected chi connectivity index (χ3v) is 13.6. The lowest BCUT2D eigenvalue weighted by Gasteiger charge is -2.22. The number of carbonyl (C=O) groups excluding carboxylic acids is 1. The van der Waals surface area contributed by atoms with Crippen molar-refractivity contribution < 1.29 is 15.0 Å². The summed E-state index contributed by atoms with van der Waals surface area (Å²) in [5, 5.41) is 23.3. The van der Waals surface area contributed by atoms with E-state index in [0.717, 1.165) is 25.7 Å². The van der Waals surface area contributed by atoms with Gasteiger partial charge in [0.05, 0.1) is 18.8 Å². The van der Waals surface area contributed by atoms with Gasteiger partial charge in [0.2, 0.25) is 5.91 Å². The number of hydrogen-bond donors (Lipinski definition) is 3. The van der Waals surface area contributed by atoms with Crippen molar-refractivity contribution in [1.82, 2.24) is 5.32 Å². The molecule has 4 heteroatoms. The van der Waals surface area contributed by atoms with Gasteiger partial charge in [-0.05, 0) is 12.8 Å². The second kappa shape index (κ2) is 52.7. The molecule has 0 aromatic carbocycles. The van der Waals surface area contributed by atoms with Crippen molar-refractivity contribution in [3.8, 4) is 0 Å². The topological polar surface area (TPSA) is 69.6 Å². The number of unbranched alkanes of at least 4 members (excludes halogenated alkanes) is 46. The Morgan fingerprint density at radius 3 is 0.750 bits per heavy atom. The molecule has 4 nitrogen and oxygen atoms in total. The molecule has 0 aliphatic carbocycles. The Morgan fingerprint density at radius 2 is 0.533 bits per heavy atom. The third-order valence-electron chi connectivity index (χ3n) is 13.6. The number of hydrogen-bond acceptors (Lipinski definition) is 3. The van der Waals surface area contributed by atoms with Crippen LogP contribution in [-0.2, 0) is 4.79 Å². The molecule has 0 spiro atoms. The van der Waals surface area contributed by atoms with Crippen LogP contribution in [0.1, 0.15) is 335 Å². The van der Waals surface area contributed by atoms with Crippen molar-refractivity contribution >= 4 is 5.91 Å². The molecule has 0 bridgehead atoms. The predicted molar refractivity (Wildman–Crippen MR) is 267 cm³/mol. The van der Waals surface area contributed by atoms with Gasteiger partial charge in [0, 0.05) is 6.42 Å². The van der Waals surface area contributed by atoms with Crippen LogP contribution in [0.2, 0.25) is 0 Å². The maximum absolute atomic E-state index is 12.5. The smallest absolute Gasteiger partial charge is 0.220 e. The summed E-state index contributed by atoms with van der Waals surface area (Å²) >= 11 is 0. The van der Waals surface area contributed by atoms with Crippen LogP contribution in [0.25, 0.3) is 0 Å². The minimum atomic E-state index is -0.654. The molecule has 0 saturated carbocycles. The van der Waals surface area contributed by atoms with Gasteiger partial charge in [-0.1, -0.05) is 316 Å². The molecule has 0 saturated heterocycles. The molecule has 1 amide bonds. The summed E-state index contributed by atoms with van der Waals surface area (Å²) in [5.41, 5.74) is 0. The molecular formula is C56H113NO3. The monoisotopic (exact) mass is 848 g/mol. The number of nitrogens with one attached hydrogen (secondary N) is 1. The molecule has 60 heavy (non-hydrogen) atoms. The van der Waals surface area contributed by atoms with E-state index in [0.29, 0.717) is 12.8 Å². The fraction of sp³-hybridized carbons (Fsp3) is 0.982. The molecule has 0 aliphatic heterocycles. The Bertz CT molecular complexity index is 788. The Hall–Kier alpha value is -0.610. The number of amides is 1. The molecule has 0 aromatic rings. The van der Waals surface area contributed by atoms with Gasteiger partial charge >= 0.3 is 0 Å². The first-order valence-electron chi connectivity index (χ1n) is 28.2. The van der Waals surface area contributed by atoms with Crippen LogP contribution < -0.4 is 5.32 Å². The van der Waals surface area contributed by atoms with Crippen molar-refractivity contribution in [2.24, 2.45) is 0 Å². The average molecular weight is 849 g/mol. The average Bonchev–Trinajstić information content (AvgIpc) is 3.25. The zero-order valence-electron chi connectivity index (χ0n) is 41.5. The summed E-state index contributed by atoms with van der Waals surface area (Å²) in [6.45, 7) is 4.40. The highest BCUT2D eigenvalue weighted by atomic mass is 16.3. The largest absolute Gasteiger partial charge is 0.394 e. The molecule has 0 heterocycles. The first-order valence-corrected chi connectivity index (χ1v) is 28.2. The maximum Gasteiger partial charge on any atom is 0.220 e. The molecule has 2 unspecified atom stereocenters. The molecule has 0 aromatic heterocycles. The summed E-state index contributed by atoms with van der Waals surface area (Å²) < 4.78 is 0. The normalized spacial score (nSPS) is 12.7. The lowest BCUT2D eigenvalue weighted by Crippen LogP contribution is -2.45. The van der Waals surface area contributed by atoms with Crippen molar-refractivity contribution in [1.29, 1.82) is 0 Å². The zero-order chi connectivity index (χ0) is 43.5. The van der Waals surface area contributed by atoms with Crippen LogP contribution in [0, 0.1) is 0 Å². The van der Waals surface area contributed by atoms with Crippen molar-refractivity contribution in [2.45, 2.75) is 347 Å². The van der Waals surface area contributed by atoms with Gasteiger partial charge in [-0.2, -0.15) is 0 Å². The molecule has 360 valence electrons. The Morgan fingerprint density at radius 1 is 0.333 bits per heavy atom. The first kappa shape index (κ1) is 59.4. The van der Waals surface area contributed by atoms with Gasteiger partial charge in [0.15, 0.2) is 0 Å². The number of carbonyl (C=O) groups is 1. The molecule has 0 fully saturated rings. The van der Waals surface area contributed by atoms with Crippen LogP contribution >= 0.6 is 0 Å². The van der Waals surface area contributed by atoms with Crippen LogP contribution in [0.3, 0.4) is 0 Å². The van der Waals surface area contributed by atoms with E-state index in [1.54, 1.807) is 0 Å². The second-order valence-corrected chi connectivity index (χ2v) is 19.7. The van der Waals surface area contributed by atoms with E-state index in [2.05, 4.69) is 19.2 Å². The van der Waals surface area contributed by atoms with Gasteiger partial charge in [-0.3, -0.25) is 4.79 Å². The second-order valence-electron chi connectivity index (χ2n) is 19.7. The minimum Gasteiger partial charge on any atom is -0.394 e. The molecule has 0 aliphatic rings. The highest BCUT2D eigenvalue weighted by Crippen LogP contribution is 2.18. The molecular weight excluding hydrogens is 735 g/mol. The fourth-order valence-electron chi connectivity index (χ4n) is 9.31. The zero-order valence-corrected chi connectivity index (χ0v) is 41.5. The van der Waals surface area contributed by atoms with Crippen LogP contribution in [0.5, 0.6) is 0 Å². The van der Waals surface area contributed by atoms with E-state index in [-0.39, 0.29) is 12.5 Å². The lowest BCUT2D eigenvalue weighted by molar-refractivity contribution is -0.123. The Labute approximate surface area is 378 Å². The molecule has 0 rings (SSSR count). The summed E-state index contributed by atoms with van der Waals surface area (Å²) in [4.78, 5) is 12.5. The quantitative estimate of drug-likeness (QED) is 0.0534. The van der Waals surface area contributed by atoms with Crippen LogP contribution in [-0.4, -0.2) is 34.9 Å². The summed E-state index contributed by atoms with van der Waals surface area (Å²) in [6, 6.07) is -0.531. The summed E-state index contributed by atoms with van der Waals surface area (Å²) in [6.07, 6.45) is 66.7. The first-order chi connectivity index (χ1) is 29.7. The maximum atomic E-state index is 12.5. The summed E-state index contributed by atoms with van der Waals surface area (Å²) in [7, 11) is 0. The number of rotatable bonds is 53. The van der Waals surface area contributed by atoms with Gasteiger partial charge in [-0.25, -0.2) is 0 Å².